The Labute approximate surface area is 221 Å². The summed E-state index contributed by atoms with van der Waals surface area (Å²) in [6.45, 7) is 3.14. The summed E-state index contributed by atoms with van der Waals surface area (Å²) in [5.41, 5.74) is 0.0652. The number of aliphatic hydroxyl groups is 1. The molecule has 1 aliphatic rings. The van der Waals surface area contributed by atoms with Crippen LogP contribution in [-0.4, -0.2) is 46.8 Å². The van der Waals surface area contributed by atoms with Gasteiger partial charge < -0.3 is 20.2 Å². The summed E-state index contributed by atoms with van der Waals surface area (Å²) in [7, 11) is 4.08. The molecule has 1 fully saturated rings. The molecule has 1 saturated carbocycles. The maximum Gasteiger partial charge on any atom is 0.303 e. The first-order valence-electron chi connectivity index (χ1n) is 14.7. The van der Waals surface area contributed by atoms with E-state index in [0.29, 0.717) is 6.42 Å². The molecule has 2 unspecified atom stereocenters. The van der Waals surface area contributed by atoms with Gasteiger partial charge in [-0.05, 0) is 51.1 Å². The molecule has 1 aromatic rings. The van der Waals surface area contributed by atoms with Gasteiger partial charge in [-0.2, -0.15) is 0 Å². The minimum absolute atomic E-state index is 0.232. The van der Waals surface area contributed by atoms with Crippen molar-refractivity contribution in [1.29, 1.82) is 0 Å². The zero-order chi connectivity index (χ0) is 26.7. The number of unbranched alkanes of at least 4 members (excludes halogenated alkanes) is 12. The number of carboxylic acid groups (broad SMARTS) is 1. The number of carbonyl (C=O) groups is 1. The van der Waals surface area contributed by atoms with Crippen LogP contribution in [0.3, 0.4) is 0 Å². The van der Waals surface area contributed by atoms with Crippen LogP contribution in [0.4, 0.5) is 0 Å². The summed E-state index contributed by atoms with van der Waals surface area (Å²) < 4.78 is 0. The van der Waals surface area contributed by atoms with Gasteiger partial charge in [-0.15, -0.1) is 0 Å². The normalized spacial score (nSPS) is 19.6. The Morgan fingerprint density at radius 1 is 0.917 bits per heavy atom. The van der Waals surface area contributed by atoms with Gasteiger partial charge in [0, 0.05) is 18.9 Å². The molecular weight excluding hydrogens is 450 g/mol. The molecule has 36 heavy (non-hydrogen) atoms. The molecule has 3 N–H and O–H groups in total. The smallest absolute Gasteiger partial charge is 0.303 e. The second kappa shape index (κ2) is 19.5. The Balaban J connectivity index is 0.000000360. The Kier molecular flexibility index (Phi) is 17.6. The van der Waals surface area contributed by atoms with Gasteiger partial charge in [-0.1, -0.05) is 109 Å². The molecule has 0 radical (unpaired) electrons. The third-order valence-electron chi connectivity index (χ3n) is 7.46. The fourth-order valence-electron chi connectivity index (χ4n) is 5.36. The lowest BCUT2D eigenvalue weighted by Crippen LogP contribution is -2.43. The Morgan fingerprint density at radius 2 is 1.47 bits per heavy atom. The fourth-order valence-corrected chi connectivity index (χ4v) is 5.36. The average Bonchev–Trinajstić information content (AvgIpc) is 2.83. The minimum Gasteiger partial charge on any atom is -0.508 e. The Morgan fingerprint density at radius 3 is 1.97 bits per heavy atom. The van der Waals surface area contributed by atoms with Crippen molar-refractivity contribution in [3.63, 3.8) is 0 Å². The molecule has 0 spiro atoms. The van der Waals surface area contributed by atoms with Gasteiger partial charge in [0.15, 0.2) is 0 Å². The molecule has 0 saturated heterocycles. The van der Waals surface area contributed by atoms with Crippen LogP contribution >= 0.6 is 0 Å². The number of rotatable bonds is 17. The van der Waals surface area contributed by atoms with Crippen LogP contribution in [0.1, 0.15) is 128 Å². The molecule has 1 aliphatic carbocycles. The Hall–Kier alpha value is -1.59. The third kappa shape index (κ3) is 14.2. The number of aliphatic carboxylic acids is 1. The van der Waals surface area contributed by atoms with Gasteiger partial charge in [-0.3, -0.25) is 4.79 Å². The molecular formula is C31H55NO4. The fraction of sp³-hybridized carbons (Fsp3) is 0.774. The quantitative estimate of drug-likeness (QED) is 0.188. The number of benzene rings is 1. The van der Waals surface area contributed by atoms with E-state index in [2.05, 4.69) is 11.8 Å². The molecule has 5 heteroatoms. The number of phenols is 1. The first-order chi connectivity index (χ1) is 17.3. The highest BCUT2D eigenvalue weighted by Gasteiger charge is 2.40. The van der Waals surface area contributed by atoms with Crippen LogP contribution in [-0.2, 0) is 10.4 Å². The maximum atomic E-state index is 11.0. The number of hydrogen-bond acceptors (Lipinski definition) is 4. The molecule has 2 rings (SSSR count). The van der Waals surface area contributed by atoms with Gasteiger partial charge >= 0.3 is 5.97 Å². The van der Waals surface area contributed by atoms with Crippen LogP contribution in [0.15, 0.2) is 24.3 Å². The summed E-state index contributed by atoms with van der Waals surface area (Å²) in [5, 5.41) is 29.1. The lowest BCUT2D eigenvalue weighted by atomic mass is 9.71. The van der Waals surface area contributed by atoms with Crippen LogP contribution in [0.5, 0.6) is 5.75 Å². The van der Waals surface area contributed by atoms with Gasteiger partial charge in [0.05, 0.1) is 5.60 Å². The number of nitrogens with zero attached hydrogens (tertiary/aromatic N) is 1. The molecule has 5 nitrogen and oxygen atoms in total. The summed E-state index contributed by atoms with van der Waals surface area (Å²) >= 11 is 0. The van der Waals surface area contributed by atoms with Gasteiger partial charge in [-0.25, -0.2) is 0 Å². The van der Waals surface area contributed by atoms with E-state index in [0.717, 1.165) is 44.2 Å². The van der Waals surface area contributed by atoms with E-state index >= 15 is 0 Å². The standard InChI is InChI=1S/C16H32O2.C15H23NO2/c1-2-3-4-5-6-7-8-9-10-11-12-13-14-15-16(17)18;1-16(2)11-13-6-3-4-9-15(13,18)12-7-5-8-14(17)10-12/h2-15H2,1H3,(H,17,18);5,7-8,10,13,17-18H,3-4,6,9,11H2,1-2H3. The highest BCUT2D eigenvalue weighted by molar-refractivity contribution is 5.66. The van der Waals surface area contributed by atoms with E-state index < -0.39 is 11.6 Å². The predicted octanol–water partition coefficient (Wildman–Crippen LogP) is 7.88. The first kappa shape index (κ1) is 32.4. The van der Waals surface area contributed by atoms with E-state index in [4.69, 9.17) is 5.11 Å². The van der Waals surface area contributed by atoms with E-state index in [1.165, 1.54) is 77.0 Å². The van der Waals surface area contributed by atoms with Crippen LogP contribution in [0.25, 0.3) is 0 Å². The second-order valence-corrected chi connectivity index (χ2v) is 11.1. The number of phenolic OH excluding ortho intramolecular Hbond substituents is 1. The van der Waals surface area contributed by atoms with E-state index in [1.807, 2.05) is 26.2 Å². The zero-order valence-corrected chi connectivity index (χ0v) is 23.5. The Bertz CT molecular complexity index is 693. The van der Waals surface area contributed by atoms with Crippen molar-refractivity contribution in [2.45, 2.75) is 128 Å². The number of carboxylic acids is 1. The number of aromatic hydroxyl groups is 1. The van der Waals surface area contributed by atoms with Crippen molar-refractivity contribution >= 4 is 5.97 Å². The third-order valence-corrected chi connectivity index (χ3v) is 7.46. The molecule has 2 atom stereocenters. The topological polar surface area (TPSA) is 81.0 Å². The molecule has 0 heterocycles. The number of hydrogen-bond donors (Lipinski definition) is 3. The largest absolute Gasteiger partial charge is 0.508 e. The summed E-state index contributed by atoms with van der Waals surface area (Å²) in [6.07, 6.45) is 21.3. The van der Waals surface area contributed by atoms with Gasteiger partial charge in [0.25, 0.3) is 0 Å². The molecule has 208 valence electrons. The van der Waals surface area contributed by atoms with Crippen molar-refractivity contribution in [3.8, 4) is 5.75 Å². The second-order valence-electron chi connectivity index (χ2n) is 11.1. The lowest BCUT2D eigenvalue weighted by Gasteiger charge is -2.41. The van der Waals surface area contributed by atoms with Crippen molar-refractivity contribution < 1.29 is 20.1 Å². The van der Waals surface area contributed by atoms with Gasteiger partial charge in [0.2, 0.25) is 0 Å². The average molecular weight is 506 g/mol. The lowest BCUT2D eigenvalue weighted by molar-refractivity contribution is -0.137. The summed E-state index contributed by atoms with van der Waals surface area (Å²) in [6, 6.07) is 7.09. The van der Waals surface area contributed by atoms with Crippen molar-refractivity contribution in [2.75, 3.05) is 20.6 Å². The summed E-state index contributed by atoms with van der Waals surface area (Å²) in [4.78, 5) is 12.4. The highest BCUT2D eigenvalue weighted by atomic mass is 16.4. The van der Waals surface area contributed by atoms with Crippen molar-refractivity contribution in [1.82, 2.24) is 4.90 Å². The van der Waals surface area contributed by atoms with Crippen LogP contribution in [0, 0.1) is 5.92 Å². The molecule has 0 bridgehead atoms. The van der Waals surface area contributed by atoms with E-state index in [9.17, 15) is 15.0 Å². The summed E-state index contributed by atoms with van der Waals surface area (Å²) in [5.74, 6) is -0.184. The van der Waals surface area contributed by atoms with E-state index in [-0.39, 0.29) is 11.7 Å². The van der Waals surface area contributed by atoms with Crippen molar-refractivity contribution in [2.24, 2.45) is 5.92 Å². The van der Waals surface area contributed by atoms with Crippen molar-refractivity contribution in [3.05, 3.63) is 29.8 Å². The minimum atomic E-state index is -0.790. The molecule has 0 aromatic heterocycles. The van der Waals surface area contributed by atoms with E-state index in [1.54, 1.807) is 12.1 Å². The predicted molar refractivity (Wildman–Crippen MR) is 150 cm³/mol. The monoisotopic (exact) mass is 505 g/mol. The maximum absolute atomic E-state index is 11.0. The van der Waals surface area contributed by atoms with Crippen LogP contribution < -0.4 is 0 Å². The zero-order valence-electron chi connectivity index (χ0n) is 23.5. The molecule has 0 amide bonds. The SMILES string of the molecule is CCCCCCCCCCCCCCCC(=O)O.CN(C)CC1CCCCC1(O)c1cccc(O)c1. The first-order valence-corrected chi connectivity index (χ1v) is 14.7. The molecule has 1 aromatic carbocycles. The van der Waals surface area contributed by atoms with Crippen LogP contribution in [0.2, 0.25) is 0 Å². The van der Waals surface area contributed by atoms with Gasteiger partial charge in [0.1, 0.15) is 5.75 Å². The molecule has 0 aliphatic heterocycles. The highest BCUT2D eigenvalue weighted by Crippen LogP contribution is 2.42.